The summed E-state index contributed by atoms with van der Waals surface area (Å²) in [4.78, 5) is 11.8. The highest BCUT2D eigenvalue weighted by molar-refractivity contribution is 5.95. The number of amides is 1. The first-order valence-electron chi connectivity index (χ1n) is 9.32. The summed E-state index contributed by atoms with van der Waals surface area (Å²) in [6.45, 7) is 0.549. The summed E-state index contributed by atoms with van der Waals surface area (Å²) in [5.41, 5.74) is -0.533. The Morgan fingerprint density at radius 1 is 1.23 bits per heavy atom. The van der Waals surface area contributed by atoms with Crippen LogP contribution in [0, 0.1) is 5.82 Å². The molecule has 1 heterocycles. The number of ether oxygens (including phenoxy) is 2. The van der Waals surface area contributed by atoms with Gasteiger partial charge in [0.15, 0.2) is 17.2 Å². The number of halogens is 1. The van der Waals surface area contributed by atoms with Crippen LogP contribution in [0.5, 0.6) is 5.75 Å². The number of benzene rings is 2. The first kappa shape index (κ1) is 22.1. The van der Waals surface area contributed by atoms with E-state index in [4.69, 9.17) is 9.47 Å². The maximum atomic E-state index is 14.7. The monoisotopic (exact) mass is 421 g/mol. The lowest BCUT2D eigenvalue weighted by molar-refractivity contribution is -0.315. The number of hydrogen-bond acceptors (Lipinski definition) is 7. The van der Waals surface area contributed by atoms with Crippen molar-refractivity contribution < 1.29 is 39.1 Å². The zero-order valence-electron chi connectivity index (χ0n) is 16.4. The highest BCUT2D eigenvalue weighted by Crippen LogP contribution is 2.33. The average molecular weight is 421 g/mol. The molecule has 0 saturated carbocycles. The van der Waals surface area contributed by atoms with Crippen molar-refractivity contribution in [3.63, 3.8) is 0 Å². The van der Waals surface area contributed by atoms with Crippen LogP contribution in [0.3, 0.4) is 0 Å². The third-order valence-electron chi connectivity index (χ3n) is 5.11. The molecule has 30 heavy (non-hydrogen) atoms. The lowest BCUT2D eigenvalue weighted by atomic mass is 9.88. The fourth-order valence-corrected chi connectivity index (χ4v) is 3.24. The van der Waals surface area contributed by atoms with Gasteiger partial charge in [-0.2, -0.15) is 0 Å². The van der Waals surface area contributed by atoms with Crippen LogP contribution in [0.2, 0.25) is 0 Å². The third-order valence-corrected chi connectivity index (χ3v) is 5.11. The predicted octanol–water partition coefficient (Wildman–Crippen LogP) is 0.421. The first-order chi connectivity index (χ1) is 14.2. The zero-order chi connectivity index (χ0) is 22.1. The fourth-order valence-electron chi connectivity index (χ4n) is 3.24. The molecule has 162 valence electrons. The van der Waals surface area contributed by atoms with E-state index in [1.807, 2.05) is 0 Å². The number of hydrogen-bond donors (Lipinski definition) is 5. The van der Waals surface area contributed by atoms with Crippen LogP contribution < -0.4 is 10.1 Å². The molecule has 1 aliphatic rings. The van der Waals surface area contributed by atoms with Gasteiger partial charge in [-0.3, -0.25) is 4.79 Å². The van der Waals surface area contributed by atoms with Crippen LogP contribution >= 0.6 is 0 Å². The van der Waals surface area contributed by atoms with Crippen LogP contribution in [-0.4, -0.2) is 70.2 Å². The van der Waals surface area contributed by atoms with Crippen molar-refractivity contribution in [1.82, 2.24) is 5.32 Å². The van der Waals surface area contributed by atoms with Gasteiger partial charge in [-0.1, -0.05) is 18.2 Å². The maximum Gasteiger partial charge on any atom is 0.251 e. The van der Waals surface area contributed by atoms with Crippen molar-refractivity contribution in [1.29, 1.82) is 0 Å². The smallest absolute Gasteiger partial charge is 0.251 e. The standard InChI is InChI=1S/C21H24FNO7/c1-21(28)18(26)17(25)16(10-24)30-20(21)29-15-7-6-12(9-14(15)22)11-4-3-5-13(8-11)19(27)23-2/h3-9,16-18,20,24-26,28H,10H2,1-2H3,(H,23,27)/t16-,17-,18+,20+,21-/m1/s1. The second kappa shape index (κ2) is 8.66. The number of rotatable bonds is 5. The van der Waals surface area contributed by atoms with Gasteiger partial charge in [0.2, 0.25) is 6.29 Å². The van der Waals surface area contributed by atoms with Crippen molar-refractivity contribution in [2.75, 3.05) is 13.7 Å². The number of aliphatic hydroxyl groups is 4. The average Bonchev–Trinajstić information content (AvgIpc) is 2.75. The molecule has 8 nitrogen and oxygen atoms in total. The Kier molecular flexibility index (Phi) is 6.39. The maximum absolute atomic E-state index is 14.7. The minimum atomic E-state index is -2.06. The number of nitrogens with one attached hydrogen (secondary N) is 1. The molecule has 5 N–H and O–H groups in total. The highest BCUT2D eigenvalue weighted by atomic mass is 19.1. The molecule has 0 aromatic heterocycles. The van der Waals surface area contributed by atoms with Crippen LogP contribution in [0.4, 0.5) is 4.39 Å². The van der Waals surface area contributed by atoms with Gasteiger partial charge in [0, 0.05) is 12.6 Å². The van der Waals surface area contributed by atoms with E-state index >= 15 is 0 Å². The first-order valence-corrected chi connectivity index (χ1v) is 9.32. The molecule has 0 bridgehead atoms. The van der Waals surface area contributed by atoms with Crippen molar-refractivity contribution >= 4 is 5.91 Å². The molecule has 1 fully saturated rings. The van der Waals surface area contributed by atoms with Gasteiger partial charge >= 0.3 is 0 Å². The molecule has 0 spiro atoms. The van der Waals surface area contributed by atoms with Gasteiger partial charge in [-0.05, 0) is 42.3 Å². The van der Waals surface area contributed by atoms with Crippen molar-refractivity contribution in [2.45, 2.75) is 37.1 Å². The van der Waals surface area contributed by atoms with Gasteiger partial charge in [0.1, 0.15) is 18.3 Å². The second-order valence-corrected chi connectivity index (χ2v) is 7.27. The molecule has 1 saturated heterocycles. The van der Waals surface area contributed by atoms with Crippen LogP contribution in [0.1, 0.15) is 17.3 Å². The van der Waals surface area contributed by atoms with Crippen LogP contribution in [0.25, 0.3) is 11.1 Å². The molecule has 9 heteroatoms. The Bertz CT molecular complexity index is 920. The fraction of sp³-hybridized carbons (Fsp3) is 0.381. The van der Waals surface area contributed by atoms with E-state index < -0.39 is 42.6 Å². The molecule has 2 aromatic rings. The van der Waals surface area contributed by atoms with E-state index in [1.165, 1.54) is 26.1 Å². The van der Waals surface area contributed by atoms with E-state index in [1.54, 1.807) is 30.3 Å². The summed E-state index contributed by atoms with van der Waals surface area (Å²) in [5, 5.41) is 42.3. The summed E-state index contributed by atoms with van der Waals surface area (Å²) < 4.78 is 25.5. The molecular formula is C21H24FNO7. The van der Waals surface area contributed by atoms with E-state index in [2.05, 4.69) is 5.32 Å². The summed E-state index contributed by atoms with van der Waals surface area (Å²) >= 11 is 0. The molecule has 0 aliphatic carbocycles. The van der Waals surface area contributed by atoms with E-state index in [0.717, 1.165) is 0 Å². The second-order valence-electron chi connectivity index (χ2n) is 7.27. The third kappa shape index (κ3) is 4.16. The predicted molar refractivity (Wildman–Crippen MR) is 104 cm³/mol. The van der Waals surface area contributed by atoms with Gasteiger partial charge < -0.3 is 35.2 Å². The van der Waals surface area contributed by atoms with E-state index in [0.29, 0.717) is 16.7 Å². The summed E-state index contributed by atoms with van der Waals surface area (Å²) in [7, 11) is 1.51. The zero-order valence-corrected chi connectivity index (χ0v) is 16.4. The molecular weight excluding hydrogens is 397 g/mol. The van der Waals surface area contributed by atoms with Gasteiger partial charge in [0.05, 0.1) is 6.61 Å². The number of carbonyl (C=O) groups is 1. The van der Waals surface area contributed by atoms with Crippen molar-refractivity contribution in [3.05, 3.63) is 53.8 Å². The van der Waals surface area contributed by atoms with Crippen molar-refractivity contribution in [2.24, 2.45) is 0 Å². The normalized spacial score (nSPS) is 28.8. The Morgan fingerprint density at radius 2 is 1.93 bits per heavy atom. The molecule has 3 rings (SSSR count). The molecule has 5 atom stereocenters. The molecule has 0 radical (unpaired) electrons. The Morgan fingerprint density at radius 3 is 2.57 bits per heavy atom. The van der Waals surface area contributed by atoms with E-state index in [-0.39, 0.29) is 11.7 Å². The summed E-state index contributed by atoms with van der Waals surface area (Å²) in [6.07, 6.45) is -5.96. The summed E-state index contributed by atoms with van der Waals surface area (Å²) in [5.74, 6) is -1.29. The quantitative estimate of drug-likeness (QED) is 0.473. The Balaban J connectivity index is 1.85. The topological polar surface area (TPSA) is 128 Å². The minimum Gasteiger partial charge on any atom is -0.459 e. The van der Waals surface area contributed by atoms with Crippen LogP contribution in [-0.2, 0) is 4.74 Å². The van der Waals surface area contributed by atoms with Gasteiger partial charge in [-0.25, -0.2) is 4.39 Å². The SMILES string of the molecule is CNC(=O)c1cccc(-c2ccc(O[C@H]3O[C@H](CO)[C@@H](O)[C@H](O)[C@@]3(C)O)c(F)c2)c1. The molecule has 0 unspecified atom stereocenters. The number of aliphatic hydroxyl groups excluding tert-OH is 3. The largest absolute Gasteiger partial charge is 0.459 e. The Labute approximate surface area is 172 Å². The summed E-state index contributed by atoms with van der Waals surface area (Å²) in [6, 6.07) is 10.7. The highest BCUT2D eigenvalue weighted by Gasteiger charge is 2.53. The van der Waals surface area contributed by atoms with Crippen molar-refractivity contribution in [3.8, 4) is 16.9 Å². The van der Waals surface area contributed by atoms with E-state index in [9.17, 15) is 29.6 Å². The molecule has 1 amide bonds. The van der Waals surface area contributed by atoms with Crippen LogP contribution in [0.15, 0.2) is 42.5 Å². The lowest BCUT2D eigenvalue weighted by Gasteiger charge is -2.45. The minimum absolute atomic E-state index is 0.258. The number of carbonyl (C=O) groups excluding carboxylic acids is 1. The lowest BCUT2D eigenvalue weighted by Crippen LogP contribution is -2.66. The van der Waals surface area contributed by atoms with Gasteiger partial charge in [-0.15, -0.1) is 0 Å². The Hall–Kier alpha value is -2.56. The molecule has 2 aromatic carbocycles. The molecule has 1 aliphatic heterocycles. The van der Waals surface area contributed by atoms with Gasteiger partial charge in [0.25, 0.3) is 5.91 Å².